The van der Waals surface area contributed by atoms with E-state index in [9.17, 15) is 18.0 Å². The number of hydrogen-bond acceptors (Lipinski definition) is 6. The number of benzene rings is 1. The maximum absolute atomic E-state index is 12.4. The van der Waals surface area contributed by atoms with Crippen molar-refractivity contribution in [2.45, 2.75) is 12.6 Å². The van der Waals surface area contributed by atoms with Crippen molar-refractivity contribution in [2.75, 3.05) is 25.0 Å². The fourth-order valence-corrected chi connectivity index (χ4v) is 3.59. The highest BCUT2D eigenvalue weighted by Crippen LogP contribution is 2.29. The molecule has 2 aromatic rings. The van der Waals surface area contributed by atoms with Crippen LogP contribution in [0.25, 0.3) is 10.4 Å². The molecule has 1 aromatic carbocycles. The van der Waals surface area contributed by atoms with Gasteiger partial charge in [-0.15, -0.1) is 0 Å². The lowest BCUT2D eigenvalue weighted by atomic mass is 9.86. The number of alkyl halides is 3. The molecule has 3 rings (SSSR count). The number of hydrogen-bond donors (Lipinski definition) is 4. The van der Waals surface area contributed by atoms with Gasteiger partial charge in [-0.25, -0.2) is 9.78 Å². The molecule has 1 saturated heterocycles. The number of nitrogens with zero attached hydrogens (tertiary/aromatic N) is 1. The van der Waals surface area contributed by atoms with Crippen molar-refractivity contribution in [1.82, 2.24) is 10.3 Å². The van der Waals surface area contributed by atoms with Crippen molar-refractivity contribution in [3.8, 4) is 10.4 Å². The molecule has 0 aliphatic carbocycles. The van der Waals surface area contributed by atoms with E-state index in [1.165, 1.54) is 11.3 Å². The molecule has 2 heterocycles. The molecule has 2 unspecified atom stereocenters. The molecule has 5 N–H and O–H groups in total. The molecule has 0 radical (unpaired) electrons. The molecule has 0 saturated carbocycles. The third-order valence-electron chi connectivity index (χ3n) is 4.30. The van der Waals surface area contributed by atoms with Crippen molar-refractivity contribution in [1.29, 1.82) is 0 Å². The third kappa shape index (κ3) is 6.80. The number of thiazole rings is 1. The number of aromatic nitrogens is 1. The second-order valence-electron chi connectivity index (χ2n) is 6.28. The maximum Gasteiger partial charge on any atom is 0.490 e. The summed E-state index contributed by atoms with van der Waals surface area (Å²) in [6.45, 7) is 2.17. The van der Waals surface area contributed by atoms with Gasteiger partial charge in [0.25, 0.3) is 0 Å². The Morgan fingerprint density at radius 3 is 2.55 bits per heavy atom. The molecule has 1 aliphatic rings. The predicted molar refractivity (Wildman–Crippen MR) is 103 cm³/mol. The fraction of sp³-hybridized carbons (Fsp3) is 0.389. The minimum atomic E-state index is -5.08. The summed E-state index contributed by atoms with van der Waals surface area (Å²) < 4.78 is 31.7. The Labute approximate surface area is 169 Å². The highest BCUT2D eigenvalue weighted by molar-refractivity contribution is 7.19. The molecule has 0 spiro atoms. The number of amides is 1. The number of carbonyl (C=O) groups is 2. The third-order valence-corrected chi connectivity index (χ3v) is 5.26. The summed E-state index contributed by atoms with van der Waals surface area (Å²) in [4.78, 5) is 26.7. The number of anilines is 1. The van der Waals surface area contributed by atoms with E-state index < -0.39 is 12.1 Å². The first-order valence-corrected chi connectivity index (χ1v) is 9.57. The Bertz CT molecular complexity index is 814. The lowest BCUT2D eigenvalue weighted by molar-refractivity contribution is -0.192. The van der Waals surface area contributed by atoms with Gasteiger partial charge in [-0.05, 0) is 31.0 Å². The van der Waals surface area contributed by atoms with Gasteiger partial charge in [0.15, 0.2) is 5.13 Å². The van der Waals surface area contributed by atoms with E-state index >= 15 is 0 Å². The number of carboxylic acid groups (broad SMARTS) is 1. The number of nitrogens with one attached hydrogen (secondary N) is 2. The first kappa shape index (κ1) is 22.8. The molecular weight excluding hydrogens is 409 g/mol. The molecule has 1 aromatic heterocycles. The first-order chi connectivity index (χ1) is 13.7. The zero-order valence-corrected chi connectivity index (χ0v) is 16.1. The second-order valence-corrected chi connectivity index (χ2v) is 7.31. The van der Waals surface area contributed by atoms with Crippen molar-refractivity contribution in [3.63, 3.8) is 0 Å². The normalized spacial score (nSPS) is 19.0. The summed E-state index contributed by atoms with van der Waals surface area (Å²) in [5, 5.41) is 14.0. The highest BCUT2D eigenvalue weighted by Gasteiger charge is 2.38. The van der Waals surface area contributed by atoms with Crippen LogP contribution in [0.15, 0.2) is 36.5 Å². The summed E-state index contributed by atoms with van der Waals surface area (Å²) >= 11 is 1.49. The summed E-state index contributed by atoms with van der Waals surface area (Å²) in [5.74, 6) is -2.58. The average molecular weight is 430 g/mol. The average Bonchev–Trinajstić information content (AvgIpc) is 3.17. The van der Waals surface area contributed by atoms with Gasteiger partial charge in [-0.2, -0.15) is 13.2 Å². The van der Waals surface area contributed by atoms with Crippen molar-refractivity contribution >= 4 is 28.3 Å². The number of carbonyl (C=O) groups excluding carboxylic acids is 1. The minimum Gasteiger partial charge on any atom is -0.475 e. The zero-order valence-electron chi connectivity index (χ0n) is 15.3. The SMILES string of the molecule is NCC1CCNCC1C(=O)Nc1ncc(-c2ccccc2)s1.O=C(O)C(F)(F)F. The van der Waals surface area contributed by atoms with E-state index in [4.69, 9.17) is 15.6 Å². The fourth-order valence-electron chi connectivity index (χ4n) is 2.77. The second kappa shape index (κ2) is 10.3. The van der Waals surface area contributed by atoms with Gasteiger partial charge < -0.3 is 21.5 Å². The van der Waals surface area contributed by atoms with Crippen LogP contribution in [0.4, 0.5) is 18.3 Å². The quantitative estimate of drug-likeness (QED) is 0.592. The van der Waals surface area contributed by atoms with E-state index in [2.05, 4.69) is 15.6 Å². The van der Waals surface area contributed by atoms with Gasteiger partial charge in [0.2, 0.25) is 5.91 Å². The van der Waals surface area contributed by atoms with Crippen LogP contribution in [0.2, 0.25) is 0 Å². The van der Waals surface area contributed by atoms with E-state index in [1.807, 2.05) is 30.3 Å². The molecular formula is C18H21F3N4O3S. The number of aliphatic carboxylic acids is 1. The Morgan fingerprint density at radius 1 is 1.31 bits per heavy atom. The molecule has 2 atom stereocenters. The van der Waals surface area contributed by atoms with Gasteiger partial charge in [-0.1, -0.05) is 41.7 Å². The Hall–Kier alpha value is -2.50. The van der Waals surface area contributed by atoms with Gasteiger partial charge in [-0.3, -0.25) is 4.79 Å². The number of halogens is 3. The van der Waals surface area contributed by atoms with Crippen LogP contribution in [0.5, 0.6) is 0 Å². The van der Waals surface area contributed by atoms with Crippen LogP contribution in [0, 0.1) is 11.8 Å². The molecule has 11 heteroatoms. The van der Waals surface area contributed by atoms with Crippen molar-refractivity contribution < 1.29 is 27.9 Å². The molecule has 1 aliphatic heterocycles. The monoisotopic (exact) mass is 430 g/mol. The van der Waals surface area contributed by atoms with Crippen LogP contribution in [0.3, 0.4) is 0 Å². The van der Waals surface area contributed by atoms with Crippen LogP contribution in [-0.2, 0) is 9.59 Å². The van der Waals surface area contributed by atoms with Crippen molar-refractivity contribution in [2.24, 2.45) is 17.6 Å². The molecule has 1 fully saturated rings. The molecule has 29 heavy (non-hydrogen) atoms. The first-order valence-electron chi connectivity index (χ1n) is 8.75. The van der Waals surface area contributed by atoms with E-state index in [1.54, 1.807) is 6.20 Å². The smallest absolute Gasteiger partial charge is 0.475 e. The Balaban J connectivity index is 0.000000370. The lowest BCUT2D eigenvalue weighted by Gasteiger charge is -2.29. The van der Waals surface area contributed by atoms with E-state index in [0.29, 0.717) is 18.2 Å². The molecule has 1 amide bonds. The van der Waals surface area contributed by atoms with Gasteiger partial charge in [0, 0.05) is 12.7 Å². The Morgan fingerprint density at radius 2 is 1.97 bits per heavy atom. The number of piperidine rings is 1. The minimum absolute atomic E-state index is 0.0108. The largest absolute Gasteiger partial charge is 0.490 e. The van der Waals surface area contributed by atoms with E-state index in [0.717, 1.165) is 23.4 Å². The molecule has 7 nitrogen and oxygen atoms in total. The van der Waals surface area contributed by atoms with Gasteiger partial charge >= 0.3 is 12.1 Å². The summed E-state index contributed by atoms with van der Waals surface area (Å²) in [5.41, 5.74) is 6.89. The topological polar surface area (TPSA) is 117 Å². The highest BCUT2D eigenvalue weighted by atomic mass is 32.1. The van der Waals surface area contributed by atoms with Gasteiger partial charge in [0.05, 0.1) is 10.8 Å². The van der Waals surface area contributed by atoms with E-state index in [-0.39, 0.29) is 17.7 Å². The van der Waals surface area contributed by atoms with Gasteiger partial charge in [0.1, 0.15) is 0 Å². The lowest BCUT2D eigenvalue weighted by Crippen LogP contribution is -2.45. The number of nitrogens with two attached hydrogens (primary N) is 1. The molecule has 158 valence electrons. The van der Waals surface area contributed by atoms with Crippen molar-refractivity contribution in [3.05, 3.63) is 36.5 Å². The number of carboxylic acids is 1. The van der Waals surface area contributed by atoms with Crippen LogP contribution in [-0.4, -0.2) is 47.8 Å². The number of rotatable bonds is 4. The molecule has 0 bridgehead atoms. The Kier molecular flexibility index (Phi) is 8.11. The van der Waals surface area contributed by atoms with Crippen LogP contribution >= 0.6 is 11.3 Å². The standard InChI is InChI=1S/C16H20N4OS.C2HF3O2/c17-8-12-6-7-18-9-13(12)15(21)20-16-19-10-14(22-16)11-4-2-1-3-5-11;3-2(4,5)1(6)7/h1-5,10,12-13,18H,6-9,17H2,(H,19,20,21);(H,6,7). The maximum atomic E-state index is 12.4. The zero-order chi connectivity index (χ0) is 21.4. The predicted octanol–water partition coefficient (Wildman–Crippen LogP) is 2.57. The summed E-state index contributed by atoms with van der Waals surface area (Å²) in [7, 11) is 0. The van der Waals surface area contributed by atoms with Crippen LogP contribution < -0.4 is 16.4 Å². The summed E-state index contributed by atoms with van der Waals surface area (Å²) in [6.07, 6.45) is -2.34. The van der Waals surface area contributed by atoms with Crippen LogP contribution in [0.1, 0.15) is 6.42 Å². The summed E-state index contributed by atoms with van der Waals surface area (Å²) in [6, 6.07) is 10.0.